The Balaban J connectivity index is 1.91. The summed E-state index contributed by atoms with van der Waals surface area (Å²) < 4.78 is 54.6. The summed E-state index contributed by atoms with van der Waals surface area (Å²) in [6, 6.07) is 11.5. The molecule has 2 rings (SSSR count). The first-order chi connectivity index (χ1) is 12.6. The average Bonchev–Trinajstić information content (AvgIpc) is 2.64. The van der Waals surface area contributed by atoms with Crippen LogP contribution in [0, 0.1) is 0 Å². The number of rotatable bonds is 8. The fourth-order valence-electron chi connectivity index (χ4n) is 2.18. The highest BCUT2D eigenvalue weighted by Gasteiger charge is 2.15. The first-order valence-electron chi connectivity index (χ1n) is 7.85. The van der Waals surface area contributed by atoms with E-state index in [-0.39, 0.29) is 28.8 Å². The van der Waals surface area contributed by atoms with Crippen molar-refractivity contribution in [3.05, 3.63) is 54.1 Å². The van der Waals surface area contributed by atoms with E-state index in [0.29, 0.717) is 11.3 Å². The van der Waals surface area contributed by atoms with Crippen LogP contribution in [-0.2, 0) is 19.9 Å². The molecule has 0 aliphatic rings. The Morgan fingerprint density at radius 1 is 0.963 bits per heavy atom. The summed E-state index contributed by atoms with van der Waals surface area (Å²) >= 11 is 0. The van der Waals surface area contributed by atoms with E-state index >= 15 is 0 Å². The van der Waals surface area contributed by atoms with Crippen LogP contribution in [0.15, 0.2) is 58.3 Å². The lowest BCUT2D eigenvalue weighted by atomic mass is 10.2. The normalized spacial score (nSPS) is 11.8. The number of ether oxygens (including phenoxy) is 1. The number of amides is 1. The lowest BCUT2D eigenvalue weighted by molar-refractivity contribution is 0.0954. The molecule has 0 saturated carbocycles. The van der Waals surface area contributed by atoms with Gasteiger partial charge in [-0.05, 0) is 42.5 Å². The van der Waals surface area contributed by atoms with E-state index in [9.17, 15) is 21.6 Å². The first kappa shape index (κ1) is 20.9. The number of carbonyl (C=O) groups excluding carboxylic acids is 1. The van der Waals surface area contributed by atoms with Gasteiger partial charge in [0.2, 0.25) is 10.0 Å². The van der Waals surface area contributed by atoms with Crippen LogP contribution >= 0.6 is 0 Å². The van der Waals surface area contributed by atoms with Crippen molar-refractivity contribution in [2.75, 3.05) is 26.5 Å². The summed E-state index contributed by atoms with van der Waals surface area (Å²) in [4.78, 5) is 12.0. The van der Waals surface area contributed by atoms with Crippen molar-refractivity contribution in [1.82, 2.24) is 10.0 Å². The number of carbonyl (C=O) groups is 1. The minimum atomic E-state index is -3.81. The highest BCUT2D eigenvalue weighted by molar-refractivity contribution is 7.90. The minimum absolute atomic E-state index is 0.0220. The third kappa shape index (κ3) is 5.78. The fourth-order valence-corrected chi connectivity index (χ4v) is 3.84. The third-order valence-corrected chi connectivity index (χ3v) is 6.20. The molecule has 8 nitrogen and oxygen atoms in total. The molecule has 10 heteroatoms. The Morgan fingerprint density at radius 2 is 1.59 bits per heavy atom. The van der Waals surface area contributed by atoms with Crippen molar-refractivity contribution in [1.29, 1.82) is 0 Å². The monoisotopic (exact) mass is 412 g/mol. The van der Waals surface area contributed by atoms with E-state index in [1.165, 1.54) is 31.4 Å². The van der Waals surface area contributed by atoms with Gasteiger partial charge in [0, 0.05) is 24.9 Å². The highest BCUT2D eigenvalue weighted by atomic mass is 32.2. The molecule has 0 heterocycles. The number of sulfone groups is 1. The van der Waals surface area contributed by atoms with E-state index in [4.69, 9.17) is 4.74 Å². The molecule has 0 fully saturated rings. The Labute approximate surface area is 158 Å². The molecule has 0 spiro atoms. The molecule has 2 N–H and O–H groups in total. The maximum absolute atomic E-state index is 12.2. The van der Waals surface area contributed by atoms with Gasteiger partial charge in [0.1, 0.15) is 5.75 Å². The molecule has 2 aromatic carbocycles. The number of nitrogens with one attached hydrogen (secondary N) is 2. The summed E-state index contributed by atoms with van der Waals surface area (Å²) in [5.41, 5.74) is 0.397. The van der Waals surface area contributed by atoms with E-state index in [2.05, 4.69) is 10.0 Å². The van der Waals surface area contributed by atoms with Gasteiger partial charge in [-0.3, -0.25) is 4.79 Å². The van der Waals surface area contributed by atoms with Crippen LogP contribution in [0.25, 0.3) is 0 Å². The average molecular weight is 412 g/mol. The van der Waals surface area contributed by atoms with Gasteiger partial charge < -0.3 is 10.1 Å². The molecule has 0 aromatic heterocycles. The fraction of sp³-hybridized carbons (Fsp3) is 0.235. The SMILES string of the molecule is COc1cccc(C(=O)NCCNS(=O)(=O)c2ccc(S(C)(=O)=O)cc2)c1. The van der Waals surface area contributed by atoms with Crippen LogP contribution in [0.3, 0.4) is 0 Å². The van der Waals surface area contributed by atoms with Crippen molar-refractivity contribution in [2.45, 2.75) is 9.79 Å². The minimum Gasteiger partial charge on any atom is -0.497 e. The Bertz CT molecular complexity index is 1020. The van der Waals surface area contributed by atoms with Gasteiger partial charge >= 0.3 is 0 Å². The van der Waals surface area contributed by atoms with Gasteiger partial charge in [0.05, 0.1) is 16.9 Å². The lowest BCUT2D eigenvalue weighted by Crippen LogP contribution is -2.34. The molecule has 1 amide bonds. The summed E-state index contributed by atoms with van der Waals surface area (Å²) in [5.74, 6) is 0.187. The third-order valence-electron chi connectivity index (χ3n) is 3.60. The van der Waals surface area contributed by atoms with Crippen LogP contribution in [0.5, 0.6) is 5.75 Å². The zero-order valence-corrected chi connectivity index (χ0v) is 16.4. The van der Waals surface area contributed by atoms with Crippen molar-refractivity contribution in [3.8, 4) is 5.75 Å². The molecule has 0 aliphatic carbocycles. The molecule has 0 radical (unpaired) electrons. The second-order valence-electron chi connectivity index (χ2n) is 5.63. The molecule has 2 aromatic rings. The lowest BCUT2D eigenvalue weighted by Gasteiger charge is -2.09. The largest absolute Gasteiger partial charge is 0.497 e. The second kappa shape index (κ2) is 8.51. The summed E-state index contributed by atoms with van der Waals surface area (Å²) in [6.07, 6.45) is 1.04. The molecule has 0 aliphatic heterocycles. The summed E-state index contributed by atoms with van der Waals surface area (Å²) in [5, 5.41) is 2.60. The molecule has 0 saturated heterocycles. The van der Waals surface area contributed by atoms with Crippen molar-refractivity contribution < 1.29 is 26.4 Å². The van der Waals surface area contributed by atoms with Crippen molar-refractivity contribution in [3.63, 3.8) is 0 Å². The number of hydrogen-bond donors (Lipinski definition) is 2. The van der Waals surface area contributed by atoms with Crippen LogP contribution in [0.2, 0.25) is 0 Å². The van der Waals surface area contributed by atoms with Crippen LogP contribution < -0.4 is 14.8 Å². The van der Waals surface area contributed by atoms with E-state index < -0.39 is 19.9 Å². The van der Waals surface area contributed by atoms with Crippen LogP contribution in [0.1, 0.15) is 10.4 Å². The van der Waals surface area contributed by atoms with Gasteiger partial charge in [-0.15, -0.1) is 0 Å². The maximum atomic E-state index is 12.2. The van der Waals surface area contributed by atoms with E-state index in [1.54, 1.807) is 24.3 Å². The zero-order chi connectivity index (χ0) is 20.1. The maximum Gasteiger partial charge on any atom is 0.251 e. The van der Waals surface area contributed by atoms with Gasteiger partial charge in [-0.2, -0.15) is 0 Å². The van der Waals surface area contributed by atoms with Gasteiger partial charge in [0.25, 0.3) is 5.91 Å². The van der Waals surface area contributed by atoms with Crippen LogP contribution in [0.4, 0.5) is 0 Å². The molecule has 146 valence electrons. The molecule has 0 unspecified atom stereocenters. The van der Waals surface area contributed by atoms with Crippen molar-refractivity contribution in [2.24, 2.45) is 0 Å². The van der Waals surface area contributed by atoms with E-state index in [1.807, 2.05) is 0 Å². The Kier molecular flexibility index (Phi) is 6.58. The predicted octanol–water partition coefficient (Wildman–Crippen LogP) is 0.807. The highest BCUT2D eigenvalue weighted by Crippen LogP contribution is 2.14. The van der Waals surface area contributed by atoms with Crippen molar-refractivity contribution >= 4 is 25.8 Å². The summed E-state index contributed by atoms with van der Waals surface area (Å²) in [7, 11) is -5.72. The van der Waals surface area contributed by atoms with Crippen LogP contribution in [-0.4, -0.2) is 49.2 Å². The predicted molar refractivity (Wildman–Crippen MR) is 100 cm³/mol. The quantitative estimate of drug-likeness (QED) is 0.620. The Morgan fingerprint density at radius 3 is 2.19 bits per heavy atom. The number of hydrogen-bond acceptors (Lipinski definition) is 6. The van der Waals surface area contributed by atoms with E-state index in [0.717, 1.165) is 6.26 Å². The molecular weight excluding hydrogens is 392 g/mol. The van der Waals surface area contributed by atoms with Gasteiger partial charge in [0.15, 0.2) is 9.84 Å². The molecule has 0 atom stereocenters. The Hall–Kier alpha value is -2.43. The zero-order valence-electron chi connectivity index (χ0n) is 14.8. The topological polar surface area (TPSA) is 119 Å². The number of methoxy groups -OCH3 is 1. The molecule has 27 heavy (non-hydrogen) atoms. The smallest absolute Gasteiger partial charge is 0.251 e. The number of sulfonamides is 1. The van der Waals surface area contributed by atoms with Gasteiger partial charge in [-0.1, -0.05) is 6.07 Å². The second-order valence-corrected chi connectivity index (χ2v) is 9.41. The summed E-state index contributed by atoms with van der Waals surface area (Å²) in [6.45, 7) is 0.0581. The standard InChI is InChI=1S/C17H20N2O6S2/c1-25-14-5-3-4-13(12-14)17(20)18-10-11-19-27(23,24)16-8-6-15(7-9-16)26(2,21)22/h3-9,12,19H,10-11H2,1-2H3,(H,18,20). The first-order valence-corrected chi connectivity index (χ1v) is 11.2. The molecule has 0 bridgehead atoms. The van der Waals surface area contributed by atoms with Gasteiger partial charge in [-0.25, -0.2) is 21.6 Å². The molecular formula is C17H20N2O6S2. The number of benzene rings is 2.